The van der Waals surface area contributed by atoms with Crippen molar-refractivity contribution in [3.8, 4) is 0 Å². The number of nitrogens with zero attached hydrogens (tertiary/aromatic N) is 2. The van der Waals surface area contributed by atoms with E-state index in [1.807, 2.05) is 18.2 Å². The number of anilines is 1. The number of rotatable bonds is 3. The molecule has 1 aliphatic rings. The minimum atomic E-state index is 0.492. The highest BCUT2D eigenvalue weighted by molar-refractivity contribution is 6.16. The fourth-order valence-corrected chi connectivity index (χ4v) is 1.54. The van der Waals surface area contributed by atoms with E-state index in [9.17, 15) is 0 Å². The summed E-state index contributed by atoms with van der Waals surface area (Å²) in [4.78, 5) is 6.68. The van der Waals surface area contributed by atoms with Crippen LogP contribution in [-0.4, -0.2) is 18.1 Å². The Balaban J connectivity index is 2.18. The Hall–Kier alpha value is -0.760. The second kappa shape index (κ2) is 3.54. The maximum Gasteiger partial charge on any atom is 0.128 e. The van der Waals surface area contributed by atoms with E-state index in [1.165, 1.54) is 12.8 Å². The molecular formula is C10H13ClN2. The third kappa shape index (κ3) is 1.94. The molecule has 0 amide bonds. The molecule has 2 rings (SSSR count). The van der Waals surface area contributed by atoms with E-state index in [4.69, 9.17) is 11.6 Å². The van der Waals surface area contributed by atoms with Gasteiger partial charge in [-0.2, -0.15) is 0 Å². The van der Waals surface area contributed by atoms with Crippen molar-refractivity contribution < 1.29 is 0 Å². The summed E-state index contributed by atoms with van der Waals surface area (Å²) >= 11 is 5.72. The zero-order chi connectivity index (χ0) is 9.26. The van der Waals surface area contributed by atoms with Gasteiger partial charge >= 0.3 is 0 Å². The quantitative estimate of drug-likeness (QED) is 0.691. The molecule has 1 aromatic rings. The van der Waals surface area contributed by atoms with Crippen LogP contribution in [0, 0.1) is 0 Å². The van der Waals surface area contributed by atoms with E-state index >= 15 is 0 Å². The molecule has 0 N–H and O–H groups in total. The molecule has 1 saturated carbocycles. The Labute approximate surface area is 83.5 Å². The summed E-state index contributed by atoms with van der Waals surface area (Å²) in [5.74, 6) is 1.53. The first-order valence-corrected chi connectivity index (χ1v) is 5.09. The third-order valence-electron chi connectivity index (χ3n) is 2.38. The van der Waals surface area contributed by atoms with E-state index < -0.39 is 0 Å². The van der Waals surface area contributed by atoms with Crippen molar-refractivity contribution in [2.24, 2.45) is 0 Å². The highest BCUT2D eigenvalue weighted by atomic mass is 35.5. The van der Waals surface area contributed by atoms with E-state index in [1.54, 1.807) is 0 Å². The van der Waals surface area contributed by atoms with Crippen molar-refractivity contribution in [3.05, 3.63) is 23.9 Å². The lowest BCUT2D eigenvalue weighted by atomic mass is 10.3. The summed E-state index contributed by atoms with van der Waals surface area (Å²) in [6.07, 6.45) is 2.59. The fourth-order valence-electron chi connectivity index (χ4n) is 1.39. The predicted molar refractivity (Wildman–Crippen MR) is 55.2 cm³/mol. The number of hydrogen-bond donors (Lipinski definition) is 0. The number of halogens is 1. The Bertz CT molecular complexity index is 297. The van der Waals surface area contributed by atoms with Crippen LogP contribution in [0.25, 0.3) is 0 Å². The van der Waals surface area contributed by atoms with Gasteiger partial charge in [-0.15, -0.1) is 11.6 Å². The molecule has 1 fully saturated rings. The SMILES string of the molecule is CN(c1cccc(CCl)n1)C1CC1. The van der Waals surface area contributed by atoms with Crippen LogP contribution in [-0.2, 0) is 5.88 Å². The van der Waals surface area contributed by atoms with Gasteiger partial charge in [-0.3, -0.25) is 0 Å². The van der Waals surface area contributed by atoms with Crippen molar-refractivity contribution in [2.75, 3.05) is 11.9 Å². The second-order valence-electron chi connectivity index (χ2n) is 3.46. The number of hydrogen-bond acceptors (Lipinski definition) is 2. The van der Waals surface area contributed by atoms with Gasteiger partial charge in [0.05, 0.1) is 11.6 Å². The van der Waals surface area contributed by atoms with Crippen molar-refractivity contribution in [1.82, 2.24) is 4.98 Å². The normalized spacial score (nSPS) is 15.8. The Morgan fingerprint density at radius 2 is 2.31 bits per heavy atom. The van der Waals surface area contributed by atoms with Gasteiger partial charge in [-0.25, -0.2) is 4.98 Å². The van der Waals surface area contributed by atoms with Crippen molar-refractivity contribution >= 4 is 17.4 Å². The molecule has 0 unspecified atom stereocenters. The molecule has 3 heteroatoms. The summed E-state index contributed by atoms with van der Waals surface area (Å²) < 4.78 is 0. The largest absolute Gasteiger partial charge is 0.357 e. The molecule has 70 valence electrons. The average molecular weight is 197 g/mol. The van der Waals surface area contributed by atoms with Gasteiger partial charge in [0, 0.05) is 13.1 Å². The topological polar surface area (TPSA) is 16.1 Å². The molecule has 13 heavy (non-hydrogen) atoms. The molecule has 2 nitrogen and oxygen atoms in total. The summed E-state index contributed by atoms with van der Waals surface area (Å²) in [6, 6.07) is 6.71. The number of alkyl halides is 1. The minimum absolute atomic E-state index is 0.492. The Morgan fingerprint density at radius 3 is 2.92 bits per heavy atom. The smallest absolute Gasteiger partial charge is 0.128 e. The fraction of sp³-hybridized carbons (Fsp3) is 0.500. The van der Waals surface area contributed by atoms with Crippen molar-refractivity contribution in [1.29, 1.82) is 0 Å². The van der Waals surface area contributed by atoms with Gasteiger partial charge < -0.3 is 4.90 Å². The van der Waals surface area contributed by atoms with Crippen LogP contribution in [0.1, 0.15) is 18.5 Å². The van der Waals surface area contributed by atoms with Gasteiger partial charge in [-0.1, -0.05) is 6.07 Å². The van der Waals surface area contributed by atoms with Crippen LogP contribution in [0.3, 0.4) is 0 Å². The van der Waals surface area contributed by atoms with Gasteiger partial charge in [0.15, 0.2) is 0 Å². The zero-order valence-electron chi connectivity index (χ0n) is 7.70. The number of aromatic nitrogens is 1. The van der Waals surface area contributed by atoms with Crippen LogP contribution < -0.4 is 4.90 Å². The molecule has 0 aromatic carbocycles. The molecule has 1 heterocycles. The molecule has 1 aromatic heterocycles. The van der Waals surface area contributed by atoms with Crippen LogP contribution in [0.5, 0.6) is 0 Å². The molecule has 0 atom stereocenters. The molecule has 0 radical (unpaired) electrons. The number of pyridine rings is 1. The van der Waals surface area contributed by atoms with Gasteiger partial charge in [0.25, 0.3) is 0 Å². The van der Waals surface area contributed by atoms with Crippen LogP contribution in [0.4, 0.5) is 5.82 Å². The molecule has 0 bridgehead atoms. The maximum absolute atomic E-state index is 5.72. The zero-order valence-corrected chi connectivity index (χ0v) is 8.46. The third-order valence-corrected chi connectivity index (χ3v) is 2.66. The Kier molecular flexibility index (Phi) is 2.40. The average Bonchev–Trinajstić information content (AvgIpc) is 3.00. The van der Waals surface area contributed by atoms with Gasteiger partial charge in [-0.05, 0) is 25.0 Å². The predicted octanol–water partition coefficient (Wildman–Crippen LogP) is 2.42. The molecule has 1 aliphatic carbocycles. The molecule has 0 spiro atoms. The first-order chi connectivity index (χ1) is 6.31. The van der Waals surface area contributed by atoms with E-state index in [-0.39, 0.29) is 0 Å². The van der Waals surface area contributed by atoms with Crippen LogP contribution in [0.2, 0.25) is 0 Å². The maximum atomic E-state index is 5.72. The van der Waals surface area contributed by atoms with E-state index in [2.05, 4.69) is 16.9 Å². The summed E-state index contributed by atoms with van der Waals surface area (Å²) in [5, 5.41) is 0. The van der Waals surface area contributed by atoms with Crippen molar-refractivity contribution in [3.63, 3.8) is 0 Å². The summed E-state index contributed by atoms with van der Waals surface area (Å²) in [6.45, 7) is 0. The van der Waals surface area contributed by atoms with Crippen LogP contribution in [0.15, 0.2) is 18.2 Å². The second-order valence-corrected chi connectivity index (χ2v) is 3.73. The molecule has 0 saturated heterocycles. The molecule has 0 aliphatic heterocycles. The first-order valence-electron chi connectivity index (χ1n) is 4.56. The molecular weight excluding hydrogens is 184 g/mol. The minimum Gasteiger partial charge on any atom is -0.357 e. The highest BCUT2D eigenvalue weighted by Gasteiger charge is 2.26. The standard InChI is InChI=1S/C10H13ClN2/c1-13(9-5-6-9)10-4-2-3-8(7-11)12-10/h2-4,9H,5-7H2,1H3. The highest BCUT2D eigenvalue weighted by Crippen LogP contribution is 2.28. The van der Waals surface area contributed by atoms with Crippen LogP contribution >= 0.6 is 11.6 Å². The van der Waals surface area contributed by atoms with E-state index in [0.29, 0.717) is 11.9 Å². The lowest BCUT2D eigenvalue weighted by molar-refractivity contribution is 0.885. The monoisotopic (exact) mass is 196 g/mol. The van der Waals surface area contributed by atoms with Crippen molar-refractivity contribution in [2.45, 2.75) is 24.8 Å². The van der Waals surface area contributed by atoms with Gasteiger partial charge in [0.2, 0.25) is 0 Å². The lowest BCUT2D eigenvalue weighted by Gasteiger charge is -2.17. The van der Waals surface area contributed by atoms with Gasteiger partial charge in [0.1, 0.15) is 5.82 Å². The summed E-state index contributed by atoms with van der Waals surface area (Å²) in [7, 11) is 2.10. The summed E-state index contributed by atoms with van der Waals surface area (Å²) in [5.41, 5.74) is 0.951. The Morgan fingerprint density at radius 1 is 1.54 bits per heavy atom. The lowest BCUT2D eigenvalue weighted by Crippen LogP contribution is -2.20. The first kappa shape index (κ1) is 8.82. The van der Waals surface area contributed by atoms with E-state index in [0.717, 1.165) is 11.5 Å².